The first-order valence-corrected chi connectivity index (χ1v) is 11.1. The first-order valence-electron chi connectivity index (χ1n) is 11.1. The van der Waals surface area contributed by atoms with E-state index in [1.807, 2.05) is 48.5 Å². The summed E-state index contributed by atoms with van der Waals surface area (Å²) in [5, 5.41) is 0.985. The molecule has 0 bridgehead atoms. The summed E-state index contributed by atoms with van der Waals surface area (Å²) < 4.78 is 20.4. The highest BCUT2D eigenvalue weighted by Crippen LogP contribution is 2.51. The summed E-state index contributed by atoms with van der Waals surface area (Å²) in [6.07, 6.45) is 0. The Hall–Kier alpha value is -4.13. The highest BCUT2D eigenvalue weighted by molar-refractivity contribution is 6.23. The summed E-state index contributed by atoms with van der Waals surface area (Å²) in [7, 11) is 1.62. The van der Waals surface area contributed by atoms with Crippen LogP contribution in [0.2, 0.25) is 0 Å². The second kappa shape index (κ2) is 7.18. The maximum absolute atomic E-state index is 14.7. The number of aromatic amines is 1. The number of urea groups is 1. The summed E-state index contributed by atoms with van der Waals surface area (Å²) >= 11 is 0. The number of methoxy groups -OCH3 is 1. The van der Waals surface area contributed by atoms with Gasteiger partial charge in [-0.1, -0.05) is 48.5 Å². The number of benzene rings is 3. The van der Waals surface area contributed by atoms with Crippen molar-refractivity contribution in [2.24, 2.45) is 0 Å². The molecule has 1 unspecified atom stereocenters. The van der Waals surface area contributed by atoms with Crippen LogP contribution in [0.4, 0.5) is 14.9 Å². The van der Waals surface area contributed by atoms with Crippen molar-refractivity contribution in [1.82, 2.24) is 9.88 Å². The van der Waals surface area contributed by atoms with Crippen LogP contribution in [0.25, 0.3) is 10.9 Å². The van der Waals surface area contributed by atoms with Crippen LogP contribution < -0.4 is 9.64 Å². The molecular formula is C27H22FN3O3. The predicted octanol–water partition coefficient (Wildman–Crippen LogP) is 5.15. The number of nitrogens with one attached hydrogen (secondary N) is 1. The first-order chi connectivity index (χ1) is 16.5. The summed E-state index contributed by atoms with van der Waals surface area (Å²) in [4.78, 5) is 33.5. The van der Waals surface area contributed by atoms with Gasteiger partial charge in [0.25, 0.3) is 5.91 Å². The second-order valence-corrected chi connectivity index (χ2v) is 8.81. The van der Waals surface area contributed by atoms with Crippen molar-refractivity contribution in [3.63, 3.8) is 0 Å². The third kappa shape index (κ3) is 2.55. The third-order valence-corrected chi connectivity index (χ3v) is 7.14. The van der Waals surface area contributed by atoms with Gasteiger partial charge in [-0.05, 0) is 36.8 Å². The number of fused-ring (bicyclic) bond motifs is 5. The molecule has 0 spiro atoms. The van der Waals surface area contributed by atoms with Gasteiger partial charge < -0.3 is 14.6 Å². The van der Waals surface area contributed by atoms with E-state index in [1.165, 1.54) is 18.2 Å². The minimum Gasteiger partial charge on any atom is -0.496 e. The molecule has 4 aromatic rings. The Morgan fingerprint density at radius 1 is 1.00 bits per heavy atom. The number of amides is 3. The molecule has 0 aliphatic carbocycles. The van der Waals surface area contributed by atoms with Crippen molar-refractivity contribution < 1.29 is 18.7 Å². The van der Waals surface area contributed by atoms with Crippen LogP contribution in [0.5, 0.6) is 5.75 Å². The molecule has 1 aromatic heterocycles. The fourth-order valence-corrected chi connectivity index (χ4v) is 5.47. The zero-order valence-corrected chi connectivity index (χ0v) is 18.7. The maximum Gasteiger partial charge on any atom is 0.332 e. The summed E-state index contributed by atoms with van der Waals surface area (Å²) in [5.74, 6) is -0.636. The van der Waals surface area contributed by atoms with Crippen LogP contribution in [-0.4, -0.2) is 35.5 Å². The van der Waals surface area contributed by atoms with E-state index in [0.29, 0.717) is 11.4 Å². The maximum atomic E-state index is 14.7. The Balaban J connectivity index is 1.62. The van der Waals surface area contributed by atoms with Crippen molar-refractivity contribution in [2.75, 3.05) is 18.6 Å². The van der Waals surface area contributed by atoms with E-state index >= 15 is 0 Å². The number of carbonyl (C=O) groups excluding carboxylic acids is 2. The van der Waals surface area contributed by atoms with E-state index in [4.69, 9.17) is 4.74 Å². The monoisotopic (exact) mass is 455 g/mol. The van der Waals surface area contributed by atoms with Gasteiger partial charge in [-0.2, -0.15) is 0 Å². The SMILES string of the molecule is COc1ccccc1C1CN2C(=O)N(c3ccccc3F)C(=O)[C@]2(C)c2[nH]c3ccccc3c21. The van der Waals surface area contributed by atoms with E-state index in [1.54, 1.807) is 25.0 Å². The van der Waals surface area contributed by atoms with Crippen LogP contribution in [0.3, 0.4) is 0 Å². The number of nitrogens with zero attached hydrogens (tertiary/aromatic N) is 2. The molecular weight excluding hydrogens is 433 g/mol. The summed E-state index contributed by atoms with van der Waals surface area (Å²) in [6.45, 7) is 1.99. The van der Waals surface area contributed by atoms with Crippen LogP contribution in [0, 0.1) is 5.82 Å². The molecule has 34 heavy (non-hydrogen) atoms. The van der Waals surface area contributed by atoms with Crippen LogP contribution in [0.1, 0.15) is 29.7 Å². The molecule has 1 saturated heterocycles. The average molecular weight is 455 g/mol. The molecule has 1 N–H and O–H groups in total. The number of ether oxygens (including phenoxy) is 1. The smallest absolute Gasteiger partial charge is 0.332 e. The number of aromatic nitrogens is 1. The van der Waals surface area contributed by atoms with Gasteiger partial charge in [0.05, 0.1) is 18.5 Å². The van der Waals surface area contributed by atoms with Gasteiger partial charge in [-0.25, -0.2) is 14.1 Å². The quantitative estimate of drug-likeness (QED) is 0.435. The molecule has 6 rings (SSSR count). The number of hydrogen-bond acceptors (Lipinski definition) is 3. The number of carbonyl (C=O) groups is 2. The zero-order chi connectivity index (χ0) is 23.6. The highest BCUT2D eigenvalue weighted by atomic mass is 19.1. The number of hydrogen-bond donors (Lipinski definition) is 1. The molecule has 3 aromatic carbocycles. The minimum atomic E-state index is -1.30. The fourth-order valence-electron chi connectivity index (χ4n) is 5.47. The number of H-pyrrole nitrogens is 1. The van der Waals surface area contributed by atoms with Crippen molar-refractivity contribution in [3.05, 3.63) is 95.4 Å². The standard InChI is InChI=1S/C27H22FN3O3/c1-27-24-23(17-10-3-6-12-20(17)29-24)18(16-9-4-8-14-22(16)34-2)15-30(27)26(33)31(25(27)32)21-13-7-5-11-19(21)28/h3-14,18,29H,15H2,1-2H3/t18?,27-/m0/s1. The Morgan fingerprint density at radius 3 is 2.50 bits per heavy atom. The highest BCUT2D eigenvalue weighted by Gasteiger charge is 2.61. The van der Waals surface area contributed by atoms with Gasteiger partial charge >= 0.3 is 6.03 Å². The van der Waals surface area contributed by atoms with Gasteiger partial charge in [0.15, 0.2) is 5.54 Å². The molecule has 1 fully saturated rings. The lowest BCUT2D eigenvalue weighted by molar-refractivity contribution is -0.125. The van der Waals surface area contributed by atoms with Crippen molar-refractivity contribution in [3.8, 4) is 5.75 Å². The molecule has 0 saturated carbocycles. The Morgan fingerprint density at radius 2 is 1.71 bits per heavy atom. The van der Waals surface area contributed by atoms with Gasteiger partial charge in [0, 0.05) is 28.9 Å². The average Bonchev–Trinajstić information content (AvgIpc) is 3.34. The Kier molecular flexibility index (Phi) is 4.33. The van der Waals surface area contributed by atoms with Crippen molar-refractivity contribution in [1.29, 1.82) is 0 Å². The topological polar surface area (TPSA) is 65.6 Å². The third-order valence-electron chi connectivity index (χ3n) is 7.14. The molecule has 3 heterocycles. The lowest BCUT2D eigenvalue weighted by Gasteiger charge is -2.40. The van der Waals surface area contributed by atoms with E-state index in [9.17, 15) is 14.0 Å². The molecule has 0 radical (unpaired) electrons. The molecule has 2 aliphatic heterocycles. The second-order valence-electron chi connectivity index (χ2n) is 8.81. The molecule has 6 nitrogen and oxygen atoms in total. The number of para-hydroxylation sites is 3. The van der Waals surface area contributed by atoms with E-state index in [0.717, 1.165) is 26.9 Å². The van der Waals surface area contributed by atoms with Crippen LogP contribution in [0.15, 0.2) is 72.8 Å². The van der Waals surface area contributed by atoms with Crippen molar-refractivity contribution >= 4 is 28.5 Å². The predicted molar refractivity (Wildman–Crippen MR) is 126 cm³/mol. The van der Waals surface area contributed by atoms with Gasteiger partial charge in [-0.15, -0.1) is 0 Å². The van der Waals surface area contributed by atoms with E-state index in [2.05, 4.69) is 4.98 Å². The Bertz CT molecular complexity index is 1480. The van der Waals surface area contributed by atoms with Gasteiger partial charge in [0.1, 0.15) is 11.6 Å². The van der Waals surface area contributed by atoms with Crippen molar-refractivity contribution in [2.45, 2.75) is 18.4 Å². The molecule has 7 heteroatoms. The Labute approximate surface area is 195 Å². The van der Waals surface area contributed by atoms with Gasteiger partial charge in [-0.3, -0.25) is 4.79 Å². The van der Waals surface area contributed by atoms with Gasteiger partial charge in [0.2, 0.25) is 0 Å². The van der Waals surface area contributed by atoms with Crippen LogP contribution >= 0.6 is 0 Å². The molecule has 170 valence electrons. The fraction of sp³-hybridized carbons (Fsp3) is 0.185. The summed E-state index contributed by atoms with van der Waals surface area (Å²) in [5.41, 5.74) is 2.05. The lowest BCUT2D eigenvalue weighted by atomic mass is 9.78. The number of imide groups is 1. The first kappa shape index (κ1) is 20.5. The van der Waals surface area contributed by atoms with E-state index in [-0.39, 0.29) is 18.2 Å². The van der Waals surface area contributed by atoms with Crippen LogP contribution in [-0.2, 0) is 10.3 Å². The number of halogens is 1. The largest absolute Gasteiger partial charge is 0.496 e. The lowest BCUT2D eigenvalue weighted by Crippen LogP contribution is -2.50. The molecule has 2 aliphatic rings. The number of anilines is 1. The zero-order valence-electron chi connectivity index (χ0n) is 18.7. The van der Waals surface area contributed by atoms with E-state index < -0.39 is 23.3 Å². The normalized spacial score (nSPS) is 21.7. The number of rotatable bonds is 3. The minimum absolute atomic E-state index is 0.0420. The summed E-state index contributed by atoms with van der Waals surface area (Å²) in [6, 6.07) is 20.9. The molecule has 2 atom stereocenters. The molecule has 3 amide bonds.